The number of likely N-dealkylation sites (tertiary alicyclic amines) is 1. The molecule has 0 aliphatic carbocycles. The number of piperidine rings is 1. The second kappa shape index (κ2) is 7.94. The number of aromatic nitrogens is 2. The van der Waals surface area contributed by atoms with Crippen molar-refractivity contribution >= 4 is 24.4 Å². The van der Waals surface area contributed by atoms with Crippen molar-refractivity contribution in [3.05, 3.63) is 12.4 Å². The standard InChI is InChI=1S/C18H29BN4O5/c1-17(2)18(3,4)28-19(27-17)12-9-20-16(21-10-12)22-13-5-7-23(8-6-13)15(26)14(25)11-24/h9-10,13-14,24-25H,5-8,11H2,1-4H3,(H,20,21,22)/t14-/m0/s1. The minimum atomic E-state index is -1.34. The molecular formula is C18H29BN4O5. The molecule has 2 fully saturated rings. The smallest absolute Gasteiger partial charge is 0.399 e. The van der Waals surface area contributed by atoms with Gasteiger partial charge in [0, 0.05) is 37.0 Å². The molecule has 2 aliphatic heterocycles. The highest BCUT2D eigenvalue weighted by Gasteiger charge is 2.52. The number of nitrogens with zero attached hydrogens (tertiary/aromatic N) is 3. The Labute approximate surface area is 165 Å². The fourth-order valence-electron chi connectivity index (χ4n) is 3.23. The van der Waals surface area contributed by atoms with Crippen LogP contribution in [-0.4, -0.2) is 81.2 Å². The molecule has 2 saturated heterocycles. The van der Waals surface area contributed by atoms with Crippen LogP contribution in [0.3, 0.4) is 0 Å². The van der Waals surface area contributed by atoms with Gasteiger partial charge in [0.05, 0.1) is 17.8 Å². The Kier molecular flexibility index (Phi) is 5.95. The molecule has 1 aromatic heterocycles. The van der Waals surface area contributed by atoms with E-state index < -0.39 is 36.9 Å². The summed E-state index contributed by atoms with van der Waals surface area (Å²) in [5, 5.41) is 21.6. The van der Waals surface area contributed by atoms with E-state index in [0.29, 0.717) is 31.9 Å². The summed E-state index contributed by atoms with van der Waals surface area (Å²) < 4.78 is 12.0. The van der Waals surface area contributed by atoms with Gasteiger partial charge < -0.3 is 29.7 Å². The third-order valence-corrected chi connectivity index (χ3v) is 5.80. The van der Waals surface area contributed by atoms with E-state index in [0.717, 1.165) is 5.46 Å². The van der Waals surface area contributed by atoms with Crippen LogP contribution < -0.4 is 10.8 Å². The maximum Gasteiger partial charge on any atom is 0.498 e. The SMILES string of the molecule is CC1(C)OB(c2cnc(NC3CCN(C(=O)[C@@H](O)CO)CC3)nc2)OC1(C)C. The molecule has 0 aromatic carbocycles. The van der Waals surface area contributed by atoms with Crippen molar-refractivity contribution in [1.82, 2.24) is 14.9 Å². The van der Waals surface area contributed by atoms with E-state index in [9.17, 15) is 9.90 Å². The largest absolute Gasteiger partial charge is 0.498 e. The van der Waals surface area contributed by atoms with Crippen LogP contribution in [0.2, 0.25) is 0 Å². The highest BCUT2D eigenvalue weighted by molar-refractivity contribution is 6.61. The summed E-state index contributed by atoms with van der Waals surface area (Å²) in [6.07, 6.45) is 3.50. The number of aliphatic hydroxyl groups excluding tert-OH is 2. The minimum absolute atomic E-state index is 0.137. The zero-order chi connectivity index (χ0) is 20.5. The number of hydrogen-bond acceptors (Lipinski definition) is 8. The van der Waals surface area contributed by atoms with Crippen LogP contribution in [0.15, 0.2) is 12.4 Å². The van der Waals surface area contributed by atoms with Crippen LogP contribution in [-0.2, 0) is 14.1 Å². The summed E-state index contributed by atoms with van der Waals surface area (Å²) in [5.74, 6) is 0.0874. The van der Waals surface area contributed by atoms with E-state index in [4.69, 9.17) is 14.4 Å². The number of anilines is 1. The lowest BCUT2D eigenvalue weighted by atomic mass is 9.81. The molecule has 1 atom stereocenters. The Bertz CT molecular complexity index is 676. The molecule has 0 bridgehead atoms. The predicted octanol–water partition coefficient (Wildman–Crippen LogP) is -0.468. The molecular weight excluding hydrogens is 363 g/mol. The summed E-state index contributed by atoms with van der Waals surface area (Å²) >= 11 is 0. The average Bonchev–Trinajstić information content (AvgIpc) is 2.89. The molecule has 0 spiro atoms. The second-order valence-corrected chi connectivity index (χ2v) is 8.37. The molecule has 10 heteroatoms. The number of rotatable bonds is 5. The van der Waals surface area contributed by atoms with Gasteiger partial charge in [0.25, 0.3) is 5.91 Å². The Balaban J connectivity index is 1.53. The van der Waals surface area contributed by atoms with Gasteiger partial charge in [0.1, 0.15) is 0 Å². The molecule has 28 heavy (non-hydrogen) atoms. The number of nitrogens with one attached hydrogen (secondary N) is 1. The van der Waals surface area contributed by atoms with Gasteiger partial charge in [0.15, 0.2) is 6.10 Å². The lowest BCUT2D eigenvalue weighted by molar-refractivity contribution is -0.143. The quantitative estimate of drug-likeness (QED) is 0.576. The van der Waals surface area contributed by atoms with Gasteiger partial charge in [-0.2, -0.15) is 0 Å². The van der Waals surface area contributed by atoms with Crippen molar-refractivity contribution in [2.24, 2.45) is 0 Å². The van der Waals surface area contributed by atoms with Gasteiger partial charge >= 0.3 is 7.12 Å². The third-order valence-electron chi connectivity index (χ3n) is 5.80. The number of carbonyl (C=O) groups is 1. The summed E-state index contributed by atoms with van der Waals surface area (Å²) in [7, 11) is -0.494. The first-order valence-electron chi connectivity index (χ1n) is 9.65. The first kappa shape index (κ1) is 21.0. The zero-order valence-corrected chi connectivity index (χ0v) is 16.9. The van der Waals surface area contributed by atoms with Gasteiger partial charge in [-0.1, -0.05) is 0 Å². The molecule has 0 radical (unpaired) electrons. The highest BCUT2D eigenvalue weighted by atomic mass is 16.7. The van der Waals surface area contributed by atoms with Crippen molar-refractivity contribution in [3.63, 3.8) is 0 Å². The molecule has 1 aromatic rings. The van der Waals surface area contributed by atoms with Gasteiger partial charge in [0.2, 0.25) is 5.95 Å². The van der Waals surface area contributed by atoms with Crippen LogP contribution in [0.1, 0.15) is 40.5 Å². The normalized spacial score (nSPS) is 22.9. The number of aliphatic hydroxyl groups is 2. The molecule has 0 saturated carbocycles. The lowest BCUT2D eigenvalue weighted by Gasteiger charge is -2.33. The first-order valence-corrected chi connectivity index (χ1v) is 9.65. The van der Waals surface area contributed by atoms with Gasteiger partial charge in [-0.15, -0.1) is 0 Å². The minimum Gasteiger partial charge on any atom is -0.399 e. The van der Waals surface area contributed by atoms with Crippen LogP contribution in [0, 0.1) is 0 Å². The van der Waals surface area contributed by atoms with Crippen molar-refractivity contribution in [3.8, 4) is 0 Å². The van der Waals surface area contributed by atoms with Crippen molar-refractivity contribution in [2.75, 3.05) is 25.0 Å². The molecule has 3 heterocycles. The molecule has 2 aliphatic rings. The van der Waals surface area contributed by atoms with E-state index >= 15 is 0 Å². The highest BCUT2D eigenvalue weighted by Crippen LogP contribution is 2.36. The van der Waals surface area contributed by atoms with Gasteiger partial charge in [-0.3, -0.25) is 4.79 Å². The Morgan fingerprint density at radius 1 is 1.25 bits per heavy atom. The van der Waals surface area contributed by atoms with E-state index in [1.54, 1.807) is 17.3 Å². The fraction of sp³-hybridized carbons (Fsp3) is 0.722. The molecule has 3 rings (SSSR count). The first-order chi connectivity index (χ1) is 13.1. The maximum atomic E-state index is 11.9. The second-order valence-electron chi connectivity index (χ2n) is 8.37. The maximum absolute atomic E-state index is 11.9. The van der Waals surface area contributed by atoms with Crippen LogP contribution in [0.4, 0.5) is 5.95 Å². The monoisotopic (exact) mass is 392 g/mol. The Hall–Kier alpha value is -1.75. The molecule has 1 amide bonds. The predicted molar refractivity (Wildman–Crippen MR) is 104 cm³/mol. The molecule has 154 valence electrons. The number of carbonyl (C=O) groups excluding carboxylic acids is 1. The van der Waals surface area contributed by atoms with E-state index in [1.807, 2.05) is 27.7 Å². The topological polar surface area (TPSA) is 117 Å². The molecule has 3 N–H and O–H groups in total. The summed E-state index contributed by atoms with van der Waals surface area (Å²) in [6.45, 7) is 8.47. The Morgan fingerprint density at radius 3 is 2.29 bits per heavy atom. The molecule has 9 nitrogen and oxygen atoms in total. The van der Waals surface area contributed by atoms with Crippen LogP contribution >= 0.6 is 0 Å². The van der Waals surface area contributed by atoms with Crippen molar-refractivity contribution in [1.29, 1.82) is 0 Å². The number of amides is 1. The van der Waals surface area contributed by atoms with E-state index in [2.05, 4.69) is 15.3 Å². The van der Waals surface area contributed by atoms with Crippen LogP contribution in [0.5, 0.6) is 0 Å². The summed E-state index contributed by atoms with van der Waals surface area (Å²) in [6, 6.07) is 0.137. The molecule has 0 unspecified atom stereocenters. The summed E-state index contributed by atoms with van der Waals surface area (Å²) in [5.41, 5.74) is -0.0599. The van der Waals surface area contributed by atoms with Crippen molar-refractivity contribution < 1.29 is 24.3 Å². The van der Waals surface area contributed by atoms with Crippen molar-refractivity contribution in [2.45, 2.75) is 63.9 Å². The fourth-order valence-corrected chi connectivity index (χ4v) is 3.23. The lowest BCUT2D eigenvalue weighted by Crippen LogP contribution is -2.47. The summed E-state index contributed by atoms with van der Waals surface area (Å²) in [4.78, 5) is 22.2. The van der Waals surface area contributed by atoms with Gasteiger partial charge in [-0.05, 0) is 40.5 Å². The zero-order valence-electron chi connectivity index (χ0n) is 16.9. The van der Waals surface area contributed by atoms with Crippen LogP contribution in [0.25, 0.3) is 0 Å². The van der Waals surface area contributed by atoms with Gasteiger partial charge in [-0.25, -0.2) is 9.97 Å². The van der Waals surface area contributed by atoms with E-state index in [1.165, 1.54) is 0 Å². The third kappa shape index (κ3) is 4.30. The Morgan fingerprint density at radius 2 is 1.79 bits per heavy atom. The number of hydrogen-bond donors (Lipinski definition) is 3. The average molecular weight is 392 g/mol. The van der Waals surface area contributed by atoms with E-state index in [-0.39, 0.29) is 6.04 Å².